The Kier molecular flexibility index (Phi) is 6.98. The molecule has 1 unspecified atom stereocenters. The lowest BCUT2D eigenvalue weighted by Gasteiger charge is -2.33. The molecule has 0 radical (unpaired) electrons. The van der Waals surface area contributed by atoms with Crippen molar-refractivity contribution in [3.63, 3.8) is 0 Å². The highest BCUT2D eigenvalue weighted by atomic mass is 32.2. The number of fused-ring (bicyclic) bond motifs is 1. The van der Waals surface area contributed by atoms with E-state index in [1.807, 2.05) is 24.3 Å². The molecule has 2 heterocycles. The lowest BCUT2D eigenvalue weighted by Crippen LogP contribution is -2.38. The van der Waals surface area contributed by atoms with Gasteiger partial charge >= 0.3 is 6.18 Å². The number of rotatable bonds is 6. The summed E-state index contributed by atoms with van der Waals surface area (Å²) in [4.78, 5) is 34.9. The number of anilines is 1. The third kappa shape index (κ3) is 5.40. The predicted molar refractivity (Wildman–Crippen MR) is 129 cm³/mol. The maximum absolute atomic E-state index is 13.3. The Bertz CT molecular complexity index is 1240. The first-order chi connectivity index (χ1) is 16.6. The van der Waals surface area contributed by atoms with Gasteiger partial charge in [0.15, 0.2) is 5.78 Å². The van der Waals surface area contributed by atoms with Crippen LogP contribution < -0.4 is 5.32 Å². The number of halogens is 3. The molecule has 1 atom stereocenters. The van der Waals surface area contributed by atoms with Gasteiger partial charge in [-0.05, 0) is 67.0 Å². The molecule has 1 N–H and O–H groups in total. The van der Waals surface area contributed by atoms with Crippen LogP contribution in [0.1, 0.15) is 53.1 Å². The summed E-state index contributed by atoms with van der Waals surface area (Å²) < 4.78 is 38.6. The molecular weight excluding hydrogens is 475 g/mol. The SMILES string of the molecule is CCSc1ccc(CC(=O)Nc2ccc3c(n2)CCC(C)(c2ccc(C(F)(F)F)nc2)C3=O)cc1. The van der Waals surface area contributed by atoms with Crippen molar-refractivity contribution in [2.75, 3.05) is 11.1 Å². The molecule has 1 aliphatic carbocycles. The van der Waals surface area contributed by atoms with Crippen molar-refractivity contribution < 1.29 is 22.8 Å². The van der Waals surface area contributed by atoms with Crippen LogP contribution in [0.15, 0.2) is 59.6 Å². The fourth-order valence-corrected chi connectivity index (χ4v) is 4.82. The standard InChI is InChI=1S/C26H24F3N3O2S/c1-3-35-18-7-4-16(5-8-18)14-23(33)32-22-11-9-19-20(31-22)12-13-25(2,24(19)34)17-6-10-21(30-15-17)26(27,28)29/h4-11,15H,3,12-14H2,1-2H3,(H,31,32,33). The molecule has 4 rings (SSSR count). The Morgan fingerprint density at radius 1 is 1.11 bits per heavy atom. The topological polar surface area (TPSA) is 72.0 Å². The molecule has 0 aliphatic heterocycles. The van der Waals surface area contributed by atoms with Crippen LogP contribution in [-0.2, 0) is 29.2 Å². The van der Waals surface area contributed by atoms with Crippen molar-refractivity contribution in [2.24, 2.45) is 0 Å². The smallest absolute Gasteiger partial charge is 0.310 e. The minimum Gasteiger partial charge on any atom is -0.310 e. The number of alkyl halides is 3. The number of carbonyl (C=O) groups is 2. The number of hydrogen-bond donors (Lipinski definition) is 1. The Morgan fingerprint density at radius 2 is 1.86 bits per heavy atom. The van der Waals surface area contributed by atoms with Gasteiger partial charge < -0.3 is 5.32 Å². The van der Waals surface area contributed by atoms with Gasteiger partial charge in [-0.1, -0.05) is 25.1 Å². The van der Waals surface area contributed by atoms with E-state index < -0.39 is 17.3 Å². The largest absolute Gasteiger partial charge is 0.433 e. The first-order valence-corrected chi connectivity index (χ1v) is 12.2. The van der Waals surface area contributed by atoms with Crippen molar-refractivity contribution in [3.05, 3.63) is 82.8 Å². The van der Waals surface area contributed by atoms with Crippen molar-refractivity contribution >= 4 is 29.3 Å². The molecule has 1 amide bonds. The molecule has 0 saturated heterocycles. The number of Topliss-reactive ketones (excluding diaryl/α,β-unsaturated/α-hetero) is 1. The highest BCUT2D eigenvalue weighted by Crippen LogP contribution is 2.38. The number of ketones is 1. The lowest BCUT2D eigenvalue weighted by atomic mass is 9.69. The zero-order valence-electron chi connectivity index (χ0n) is 19.3. The number of aryl methyl sites for hydroxylation is 1. The van der Waals surface area contributed by atoms with Gasteiger partial charge in [-0.25, -0.2) is 4.98 Å². The van der Waals surface area contributed by atoms with Gasteiger partial charge in [0.2, 0.25) is 5.91 Å². The van der Waals surface area contributed by atoms with E-state index in [1.54, 1.807) is 30.8 Å². The summed E-state index contributed by atoms with van der Waals surface area (Å²) in [6.07, 6.45) is -2.39. The monoisotopic (exact) mass is 499 g/mol. The number of amides is 1. The summed E-state index contributed by atoms with van der Waals surface area (Å²) >= 11 is 1.73. The number of nitrogens with one attached hydrogen (secondary N) is 1. The van der Waals surface area contributed by atoms with Crippen LogP contribution in [0, 0.1) is 0 Å². The Morgan fingerprint density at radius 3 is 2.49 bits per heavy atom. The van der Waals surface area contributed by atoms with Crippen molar-refractivity contribution in [2.45, 2.75) is 49.6 Å². The Balaban J connectivity index is 1.46. The second-order valence-corrected chi connectivity index (χ2v) is 9.92. The van der Waals surface area contributed by atoms with Crippen molar-refractivity contribution in [3.8, 4) is 0 Å². The molecule has 1 aliphatic rings. The highest BCUT2D eigenvalue weighted by molar-refractivity contribution is 7.99. The van der Waals surface area contributed by atoms with Crippen molar-refractivity contribution in [1.29, 1.82) is 0 Å². The third-order valence-electron chi connectivity index (χ3n) is 6.14. The second kappa shape index (κ2) is 9.81. The normalized spacial score (nSPS) is 17.7. The first kappa shape index (κ1) is 24.9. The Labute approximate surface area is 205 Å². The Hall–Kier alpha value is -3.20. The van der Waals surface area contributed by atoms with E-state index in [0.717, 1.165) is 28.5 Å². The number of carbonyl (C=O) groups excluding carboxylic acids is 2. The summed E-state index contributed by atoms with van der Waals surface area (Å²) in [5.74, 6) is 0.901. The molecular formula is C26H24F3N3O2S. The number of pyridine rings is 2. The van der Waals surface area contributed by atoms with E-state index in [9.17, 15) is 22.8 Å². The summed E-state index contributed by atoms with van der Waals surface area (Å²) in [5.41, 5.74) is 0.288. The van der Waals surface area contributed by atoms with Crippen LogP contribution in [0.4, 0.5) is 19.0 Å². The van der Waals surface area contributed by atoms with Crippen molar-refractivity contribution in [1.82, 2.24) is 9.97 Å². The quantitative estimate of drug-likeness (QED) is 0.429. The zero-order valence-corrected chi connectivity index (χ0v) is 20.1. The number of aromatic nitrogens is 2. The van der Waals surface area contributed by atoms with E-state index >= 15 is 0 Å². The van der Waals surface area contributed by atoms with Gasteiger partial charge in [0.25, 0.3) is 0 Å². The molecule has 5 nitrogen and oxygen atoms in total. The zero-order chi connectivity index (χ0) is 25.2. The summed E-state index contributed by atoms with van der Waals surface area (Å²) in [5, 5.41) is 2.78. The van der Waals surface area contributed by atoms with Crippen LogP contribution in [0.25, 0.3) is 0 Å². The highest BCUT2D eigenvalue weighted by Gasteiger charge is 2.41. The number of thioether (sulfide) groups is 1. The van der Waals surface area contributed by atoms with Crippen LogP contribution in [-0.4, -0.2) is 27.4 Å². The molecule has 35 heavy (non-hydrogen) atoms. The average Bonchev–Trinajstić information content (AvgIpc) is 2.82. The fraction of sp³-hybridized carbons (Fsp3) is 0.308. The first-order valence-electron chi connectivity index (χ1n) is 11.2. The van der Waals surface area contributed by atoms with Gasteiger partial charge in [0.05, 0.1) is 17.5 Å². The molecule has 182 valence electrons. The summed E-state index contributed by atoms with van der Waals surface area (Å²) in [6, 6.07) is 13.2. The van der Waals surface area contributed by atoms with E-state index in [0.29, 0.717) is 35.5 Å². The second-order valence-electron chi connectivity index (χ2n) is 8.58. The van der Waals surface area contributed by atoms with E-state index in [4.69, 9.17) is 0 Å². The average molecular weight is 500 g/mol. The minimum atomic E-state index is -4.54. The molecule has 3 aromatic rings. The molecule has 1 aromatic carbocycles. The van der Waals surface area contributed by atoms with Crippen LogP contribution in [0.2, 0.25) is 0 Å². The number of benzene rings is 1. The fourth-order valence-electron chi connectivity index (χ4n) is 4.15. The minimum absolute atomic E-state index is 0.202. The van der Waals surface area contributed by atoms with E-state index in [2.05, 4.69) is 22.2 Å². The predicted octanol–water partition coefficient (Wildman–Crippen LogP) is 5.88. The molecule has 0 saturated carbocycles. The number of nitrogens with zero attached hydrogens (tertiary/aromatic N) is 2. The molecule has 0 bridgehead atoms. The maximum Gasteiger partial charge on any atom is 0.433 e. The van der Waals surface area contributed by atoms with Gasteiger partial charge in [0, 0.05) is 16.7 Å². The van der Waals surface area contributed by atoms with Crippen LogP contribution in [0.5, 0.6) is 0 Å². The maximum atomic E-state index is 13.3. The van der Waals surface area contributed by atoms with Gasteiger partial charge in [-0.3, -0.25) is 14.6 Å². The van der Waals surface area contributed by atoms with Crippen LogP contribution in [0.3, 0.4) is 0 Å². The van der Waals surface area contributed by atoms with Gasteiger partial charge in [0.1, 0.15) is 11.5 Å². The number of hydrogen-bond acceptors (Lipinski definition) is 5. The lowest BCUT2D eigenvalue weighted by molar-refractivity contribution is -0.141. The summed E-state index contributed by atoms with van der Waals surface area (Å²) in [7, 11) is 0. The molecule has 0 fully saturated rings. The molecule has 2 aromatic heterocycles. The van der Waals surface area contributed by atoms with E-state index in [1.165, 1.54) is 6.07 Å². The summed E-state index contributed by atoms with van der Waals surface area (Å²) in [6.45, 7) is 3.79. The third-order valence-corrected chi connectivity index (χ3v) is 7.03. The van der Waals surface area contributed by atoms with Gasteiger partial charge in [-0.2, -0.15) is 13.2 Å². The van der Waals surface area contributed by atoms with Gasteiger partial charge in [-0.15, -0.1) is 11.8 Å². The molecule has 9 heteroatoms. The molecule has 0 spiro atoms. The van der Waals surface area contributed by atoms with Crippen LogP contribution >= 0.6 is 11.8 Å². The van der Waals surface area contributed by atoms with E-state index in [-0.39, 0.29) is 18.1 Å².